The number of nitriles is 1. The molecule has 1 aromatic rings. The van der Waals surface area contributed by atoms with Crippen molar-refractivity contribution in [2.45, 2.75) is 19.4 Å². The summed E-state index contributed by atoms with van der Waals surface area (Å²) in [6, 6.07) is 3.75. The summed E-state index contributed by atoms with van der Waals surface area (Å²) in [6.07, 6.45) is 0.170. The minimum atomic E-state index is -1.32. The van der Waals surface area contributed by atoms with Gasteiger partial charge in [-0.15, -0.1) is 0 Å². The lowest BCUT2D eigenvalue weighted by molar-refractivity contribution is -0.384. The third-order valence-corrected chi connectivity index (χ3v) is 3.18. The van der Waals surface area contributed by atoms with Crippen molar-refractivity contribution < 1.29 is 14.8 Å². The van der Waals surface area contributed by atoms with Gasteiger partial charge >= 0.3 is 5.97 Å². The molecule has 8 heteroatoms. The van der Waals surface area contributed by atoms with Crippen molar-refractivity contribution >= 4 is 28.9 Å². The SMILES string of the molecule is CC(CC#N)N(C)c1c(Cl)cc([N+](=O)[O-])cc1C(=O)O. The van der Waals surface area contributed by atoms with Gasteiger partial charge in [-0.3, -0.25) is 10.1 Å². The average Bonchev–Trinajstić information content (AvgIpc) is 2.36. The molecule has 0 radical (unpaired) electrons. The Kier molecular flexibility index (Phi) is 4.88. The van der Waals surface area contributed by atoms with E-state index in [1.54, 1.807) is 14.0 Å². The maximum absolute atomic E-state index is 11.3. The number of nitro benzene ring substituents is 1. The molecule has 1 aromatic carbocycles. The molecule has 0 aromatic heterocycles. The van der Waals surface area contributed by atoms with Crippen LogP contribution in [0.15, 0.2) is 12.1 Å². The zero-order valence-corrected chi connectivity index (χ0v) is 11.6. The third-order valence-electron chi connectivity index (χ3n) is 2.89. The van der Waals surface area contributed by atoms with E-state index < -0.39 is 16.6 Å². The standard InChI is InChI=1S/C12H12ClN3O4/c1-7(3-4-14)15(2)11-9(12(17)18)5-8(16(19)20)6-10(11)13/h5-7H,3H2,1-2H3,(H,17,18). The molecule has 0 bridgehead atoms. The van der Waals surface area contributed by atoms with Crippen LogP contribution in [-0.2, 0) is 0 Å². The summed E-state index contributed by atoms with van der Waals surface area (Å²) < 4.78 is 0. The second-order valence-electron chi connectivity index (χ2n) is 4.21. The molecule has 0 fully saturated rings. The molecule has 7 nitrogen and oxygen atoms in total. The van der Waals surface area contributed by atoms with Crippen LogP contribution in [0.25, 0.3) is 0 Å². The predicted octanol–water partition coefficient (Wildman–Crippen LogP) is 2.68. The summed E-state index contributed by atoms with van der Waals surface area (Å²) in [4.78, 5) is 22.8. The highest BCUT2D eigenvalue weighted by atomic mass is 35.5. The zero-order chi connectivity index (χ0) is 15.4. The Morgan fingerprint density at radius 1 is 1.65 bits per heavy atom. The van der Waals surface area contributed by atoms with Crippen LogP contribution in [0.5, 0.6) is 0 Å². The van der Waals surface area contributed by atoms with E-state index in [4.69, 9.17) is 16.9 Å². The first-order chi connectivity index (χ1) is 9.29. The topological polar surface area (TPSA) is 107 Å². The van der Waals surface area contributed by atoms with Gasteiger partial charge in [0.15, 0.2) is 0 Å². The van der Waals surface area contributed by atoms with Crippen LogP contribution in [0.1, 0.15) is 23.7 Å². The molecule has 0 aliphatic heterocycles. The number of aromatic carboxylic acids is 1. The summed E-state index contributed by atoms with van der Waals surface area (Å²) >= 11 is 5.97. The van der Waals surface area contributed by atoms with Crippen LogP contribution < -0.4 is 4.90 Å². The molecule has 0 aliphatic carbocycles. The molecule has 0 amide bonds. The van der Waals surface area contributed by atoms with Gasteiger partial charge in [-0.25, -0.2) is 4.79 Å². The molecule has 1 rings (SSSR count). The number of hydrogen-bond acceptors (Lipinski definition) is 5. The van der Waals surface area contributed by atoms with E-state index in [2.05, 4.69) is 0 Å². The van der Waals surface area contributed by atoms with Crippen molar-refractivity contribution in [1.82, 2.24) is 0 Å². The molecule has 0 aliphatic rings. The Hall–Kier alpha value is -2.33. The summed E-state index contributed by atoms with van der Waals surface area (Å²) in [7, 11) is 1.58. The van der Waals surface area contributed by atoms with E-state index in [-0.39, 0.29) is 28.7 Å². The number of carboxylic acid groups (broad SMARTS) is 1. The highest BCUT2D eigenvalue weighted by molar-refractivity contribution is 6.34. The minimum Gasteiger partial charge on any atom is -0.478 e. The Morgan fingerprint density at radius 3 is 2.70 bits per heavy atom. The number of rotatable bonds is 5. The fourth-order valence-electron chi connectivity index (χ4n) is 1.70. The van der Waals surface area contributed by atoms with E-state index in [0.717, 1.165) is 12.1 Å². The number of nitro groups is 1. The van der Waals surface area contributed by atoms with E-state index in [1.165, 1.54) is 4.90 Å². The molecule has 1 atom stereocenters. The summed E-state index contributed by atoms with van der Waals surface area (Å²) in [5.41, 5.74) is -0.499. The van der Waals surface area contributed by atoms with E-state index in [1.807, 2.05) is 6.07 Å². The van der Waals surface area contributed by atoms with Gasteiger partial charge in [0.05, 0.1) is 33.7 Å². The average molecular weight is 298 g/mol. The van der Waals surface area contributed by atoms with Gasteiger partial charge in [0.25, 0.3) is 5.69 Å². The van der Waals surface area contributed by atoms with Gasteiger partial charge in [0.1, 0.15) is 0 Å². The van der Waals surface area contributed by atoms with Crippen molar-refractivity contribution in [3.8, 4) is 6.07 Å². The quantitative estimate of drug-likeness (QED) is 0.661. The van der Waals surface area contributed by atoms with Crippen LogP contribution >= 0.6 is 11.6 Å². The van der Waals surface area contributed by atoms with Gasteiger partial charge in [0, 0.05) is 25.2 Å². The van der Waals surface area contributed by atoms with Crippen molar-refractivity contribution in [2.24, 2.45) is 0 Å². The Morgan fingerprint density at radius 2 is 2.25 bits per heavy atom. The Labute approximate surface area is 120 Å². The van der Waals surface area contributed by atoms with Crippen LogP contribution in [0, 0.1) is 21.4 Å². The summed E-state index contributed by atoms with van der Waals surface area (Å²) in [5.74, 6) is -1.32. The lowest BCUT2D eigenvalue weighted by Crippen LogP contribution is -2.30. The number of carboxylic acids is 1. The van der Waals surface area contributed by atoms with Crippen LogP contribution in [0.4, 0.5) is 11.4 Å². The van der Waals surface area contributed by atoms with Gasteiger partial charge in [-0.05, 0) is 6.92 Å². The minimum absolute atomic E-state index is 0.0381. The number of anilines is 1. The van der Waals surface area contributed by atoms with Gasteiger partial charge < -0.3 is 10.0 Å². The monoisotopic (exact) mass is 297 g/mol. The number of non-ortho nitro benzene ring substituents is 1. The highest BCUT2D eigenvalue weighted by Gasteiger charge is 2.24. The van der Waals surface area contributed by atoms with Crippen molar-refractivity contribution in [2.75, 3.05) is 11.9 Å². The number of carbonyl (C=O) groups is 1. The fraction of sp³-hybridized carbons (Fsp3) is 0.333. The Balaban J connectivity index is 3.42. The van der Waals surface area contributed by atoms with E-state index >= 15 is 0 Å². The lowest BCUT2D eigenvalue weighted by Gasteiger charge is -2.27. The third kappa shape index (κ3) is 3.16. The molecule has 0 saturated heterocycles. The number of nitrogens with zero attached hydrogens (tertiary/aromatic N) is 3. The van der Waals surface area contributed by atoms with Crippen LogP contribution in [0.2, 0.25) is 5.02 Å². The largest absolute Gasteiger partial charge is 0.478 e. The second-order valence-corrected chi connectivity index (χ2v) is 4.62. The molecule has 20 heavy (non-hydrogen) atoms. The highest BCUT2D eigenvalue weighted by Crippen LogP contribution is 2.35. The Bertz CT molecular complexity index is 597. The molecule has 106 valence electrons. The molecule has 0 saturated carbocycles. The van der Waals surface area contributed by atoms with Crippen LogP contribution in [-0.4, -0.2) is 29.1 Å². The van der Waals surface area contributed by atoms with Gasteiger partial charge in [-0.1, -0.05) is 11.6 Å². The number of halogens is 1. The number of benzene rings is 1. The smallest absolute Gasteiger partial charge is 0.338 e. The molecule has 1 N–H and O–H groups in total. The van der Waals surface area contributed by atoms with Gasteiger partial charge in [0.2, 0.25) is 0 Å². The predicted molar refractivity (Wildman–Crippen MR) is 73.2 cm³/mol. The molecule has 1 unspecified atom stereocenters. The van der Waals surface area contributed by atoms with Crippen molar-refractivity contribution in [1.29, 1.82) is 5.26 Å². The van der Waals surface area contributed by atoms with E-state index in [0.29, 0.717) is 0 Å². The first kappa shape index (κ1) is 15.7. The maximum atomic E-state index is 11.3. The maximum Gasteiger partial charge on any atom is 0.338 e. The number of hydrogen-bond donors (Lipinski definition) is 1. The van der Waals surface area contributed by atoms with Crippen molar-refractivity contribution in [3.05, 3.63) is 32.8 Å². The first-order valence-corrected chi connectivity index (χ1v) is 5.98. The molecule has 0 heterocycles. The molecule has 0 spiro atoms. The fourth-order valence-corrected chi connectivity index (χ4v) is 2.05. The molecular weight excluding hydrogens is 286 g/mol. The molecular formula is C12H12ClN3O4. The second kappa shape index (κ2) is 6.21. The first-order valence-electron chi connectivity index (χ1n) is 5.60. The lowest BCUT2D eigenvalue weighted by atomic mass is 10.1. The summed E-state index contributed by atoms with van der Waals surface area (Å²) in [5, 5.41) is 28.6. The van der Waals surface area contributed by atoms with Crippen molar-refractivity contribution in [3.63, 3.8) is 0 Å². The van der Waals surface area contributed by atoms with E-state index in [9.17, 15) is 20.0 Å². The zero-order valence-electron chi connectivity index (χ0n) is 10.8. The summed E-state index contributed by atoms with van der Waals surface area (Å²) in [6.45, 7) is 1.73. The van der Waals surface area contributed by atoms with Gasteiger partial charge in [-0.2, -0.15) is 5.26 Å². The van der Waals surface area contributed by atoms with Crippen LogP contribution in [0.3, 0.4) is 0 Å². The normalized spacial score (nSPS) is 11.5.